The predicted molar refractivity (Wildman–Crippen MR) is 135 cm³/mol. The summed E-state index contributed by atoms with van der Waals surface area (Å²) in [6, 6.07) is 21.4. The van der Waals surface area contributed by atoms with Gasteiger partial charge >= 0.3 is 0 Å². The fourth-order valence-electron chi connectivity index (χ4n) is 4.91. The first kappa shape index (κ1) is 23.8. The fraction of sp³-hybridized carbons (Fsp3) is 0.259. The average molecular weight is 510 g/mol. The van der Waals surface area contributed by atoms with Gasteiger partial charge in [-0.15, -0.1) is 0 Å². The lowest BCUT2D eigenvalue weighted by Gasteiger charge is -2.45. The highest BCUT2D eigenvalue weighted by Crippen LogP contribution is 2.46. The molecule has 0 unspecified atom stereocenters. The smallest absolute Gasteiger partial charge is 0.269 e. The molecule has 0 saturated carbocycles. The third kappa shape index (κ3) is 4.80. The van der Waals surface area contributed by atoms with Crippen molar-refractivity contribution in [2.45, 2.75) is 31.4 Å². The van der Waals surface area contributed by atoms with Crippen LogP contribution in [0.4, 0.5) is 0 Å². The van der Waals surface area contributed by atoms with Crippen molar-refractivity contribution in [3.63, 3.8) is 0 Å². The number of nitrogens with one attached hydrogen (secondary N) is 1. The highest BCUT2D eigenvalue weighted by atomic mass is 35.5. The molecule has 0 aliphatic carbocycles. The number of fused-ring (bicyclic) bond motifs is 1. The number of rotatable bonds is 6. The second-order valence-corrected chi connectivity index (χ2v) is 9.57. The molecule has 0 bridgehead atoms. The maximum Gasteiger partial charge on any atom is 0.269 e. The summed E-state index contributed by atoms with van der Waals surface area (Å²) < 4.78 is 0. The van der Waals surface area contributed by atoms with E-state index in [-0.39, 0.29) is 18.4 Å². The zero-order chi connectivity index (χ0) is 24.4. The molecule has 0 aromatic heterocycles. The normalized spacial score (nSPS) is 20.1. The Balaban J connectivity index is 1.55. The van der Waals surface area contributed by atoms with Gasteiger partial charge in [0.1, 0.15) is 0 Å². The van der Waals surface area contributed by atoms with E-state index >= 15 is 0 Å². The fourth-order valence-corrected chi connectivity index (χ4v) is 5.43. The molecule has 0 radical (unpaired) electrons. The lowest BCUT2D eigenvalue weighted by Crippen LogP contribution is -2.54. The minimum Gasteiger partial charge on any atom is -0.272 e. The van der Waals surface area contributed by atoms with E-state index in [4.69, 9.17) is 28.0 Å². The summed E-state index contributed by atoms with van der Waals surface area (Å²) in [6.07, 6.45) is 1.95. The minimum atomic E-state index is -0.737. The van der Waals surface area contributed by atoms with Crippen molar-refractivity contribution in [1.29, 1.82) is 0 Å². The van der Waals surface area contributed by atoms with Gasteiger partial charge in [0.05, 0.1) is 18.6 Å². The molecule has 5 rings (SSSR count). The van der Waals surface area contributed by atoms with Crippen molar-refractivity contribution in [2.75, 3.05) is 13.1 Å². The Bertz CT molecular complexity index is 1230. The van der Waals surface area contributed by atoms with Crippen LogP contribution < -0.4 is 5.48 Å². The SMILES string of the molecule is O=C(NOCc1ccccc1)[C@@H]1c2ccccc2C(=O)N(N2CCCC2)[C@H]1c1ccc(Cl)cc1Cl. The molecule has 6 nitrogen and oxygen atoms in total. The van der Waals surface area contributed by atoms with Gasteiger partial charge in [-0.25, -0.2) is 10.5 Å². The summed E-state index contributed by atoms with van der Waals surface area (Å²) in [5.41, 5.74) is 5.38. The zero-order valence-electron chi connectivity index (χ0n) is 19.0. The summed E-state index contributed by atoms with van der Waals surface area (Å²) in [4.78, 5) is 33.1. The lowest BCUT2D eigenvalue weighted by molar-refractivity contribution is -0.140. The van der Waals surface area contributed by atoms with Crippen molar-refractivity contribution in [3.8, 4) is 0 Å². The number of hydrazine groups is 1. The Labute approximate surface area is 214 Å². The first-order chi connectivity index (χ1) is 17.0. The summed E-state index contributed by atoms with van der Waals surface area (Å²) in [5.74, 6) is -1.23. The predicted octanol–water partition coefficient (Wildman–Crippen LogP) is 5.53. The molecule has 1 fully saturated rings. The average Bonchev–Trinajstić information content (AvgIpc) is 3.39. The standard InChI is InChI=1S/C27H25Cl2N3O3/c28-19-12-13-22(23(29)16-19)25-24(26(33)30-35-17-18-8-2-1-3-9-18)20-10-4-5-11-21(20)27(34)32(25)31-14-6-7-15-31/h1-5,8-13,16,24-25H,6-7,14-15,17H2,(H,30,33)/t24-,25+/m1/s1. The number of carbonyl (C=O) groups excluding carboxylic acids is 2. The number of hydrogen-bond acceptors (Lipinski definition) is 4. The summed E-state index contributed by atoms with van der Waals surface area (Å²) >= 11 is 12.8. The van der Waals surface area contributed by atoms with Crippen LogP contribution in [0.2, 0.25) is 10.0 Å². The van der Waals surface area contributed by atoms with E-state index in [1.165, 1.54) is 0 Å². The minimum absolute atomic E-state index is 0.146. The molecule has 0 spiro atoms. The van der Waals surface area contributed by atoms with Crippen molar-refractivity contribution < 1.29 is 14.4 Å². The summed E-state index contributed by atoms with van der Waals surface area (Å²) in [6.45, 7) is 1.69. The molecule has 180 valence electrons. The topological polar surface area (TPSA) is 61.9 Å². The van der Waals surface area contributed by atoms with E-state index in [2.05, 4.69) is 5.48 Å². The van der Waals surface area contributed by atoms with Gasteiger partial charge in [-0.1, -0.05) is 77.8 Å². The van der Waals surface area contributed by atoms with Crippen LogP contribution >= 0.6 is 23.2 Å². The van der Waals surface area contributed by atoms with Crippen molar-refractivity contribution in [1.82, 2.24) is 15.5 Å². The van der Waals surface area contributed by atoms with Gasteiger partial charge in [0.2, 0.25) is 0 Å². The molecule has 2 aliphatic rings. The van der Waals surface area contributed by atoms with Gasteiger partial charge in [0, 0.05) is 28.7 Å². The van der Waals surface area contributed by atoms with Crippen LogP contribution in [0.5, 0.6) is 0 Å². The quantitative estimate of drug-likeness (QED) is 0.443. The molecule has 2 heterocycles. The van der Waals surface area contributed by atoms with Crippen molar-refractivity contribution in [3.05, 3.63) is 105 Å². The molecule has 3 aromatic rings. The van der Waals surface area contributed by atoms with Crippen molar-refractivity contribution >= 4 is 35.0 Å². The van der Waals surface area contributed by atoms with Gasteiger partial charge < -0.3 is 0 Å². The van der Waals surface area contributed by atoms with Crippen LogP contribution in [-0.4, -0.2) is 34.9 Å². The molecule has 35 heavy (non-hydrogen) atoms. The van der Waals surface area contributed by atoms with E-state index in [0.29, 0.717) is 26.7 Å². The van der Waals surface area contributed by atoms with E-state index in [9.17, 15) is 9.59 Å². The number of benzene rings is 3. The van der Waals surface area contributed by atoms with Crippen LogP contribution in [0.25, 0.3) is 0 Å². The molecule has 3 aromatic carbocycles. The maximum atomic E-state index is 13.8. The molecule has 1 saturated heterocycles. The Hall–Kier alpha value is -2.90. The number of halogens is 2. The van der Waals surface area contributed by atoms with Gasteiger partial charge in [-0.3, -0.25) is 19.4 Å². The first-order valence-electron chi connectivity index (χ1n) is 11.6. The number of carbonyl (C=O) groups is 2. The second-order valence-electron chi connectivity index (χ2n) is 8.73. The molecule has 2 amide bonds. The van der Waals surface area contributed by atoms with E-state index < -0.39 is 12.0 Å². The second kappa shape index (κ2) is 10.4. The molecular formula is C27H25Cl2N3O3. The molecule has 2 atom stereocenters. The van der Waals surface area contributed by atoms with E-state index in [1.54, 1.807) is 29.3 Å². The van der Waals surface area contributed by atoms with Gasteiger partial charge in [-0.05, 0) is 47.7 Å². The summed E-state index contributed by atoms with van der Waals surface area (Å²) in [5, 5.41) is 4.63. The zero-order valence-corrected chi connectivity index (χ0v) is 20.5. The molecule has 8 heteroatoms. The third-order valence-electron chi connectivity index (χ3n) is 6.52. The number of hydroxylamine groups is 1. The van der Waals surface area contributed by atoms with Crippen LogP contribution in [-0.2, 0) is 16.2 Å². The van der Waals surface area contributed by atoms with Gasteiger partial charge in [0.25, 0.3) is 11.8 Å². The van der Waals surface area contributed by atoms with Gasteiger partial charge in [-0.2, -0.15) is 0 Å². The van der Waals surface area contributed by atoms with Crippen molar-refractivity contribution in [2.24, 2.45) is 0 Å². The monoisotopic (exact) mass is 509 g/mol. The van der Waals surface area contributed by atoms with Crippen LogP contribution in [0.3, 0.4) is 0 Å². The van der Waals surface area contributed by atoms with Crippen LogP contribution in [0, 0.1) is 0 Å². The number of amides is 2. The Morgan fingerprint density at radius 3 is 2.40 bits per heavy atom. The molecule has 2 aliphatic heterocycles. The highest BCUT2D eigenvalue weighted by molar-refractivity contribution is 6.35. The third-order valence-corrected chi connectivity index (χ3v) is 7.08. The van der Waals surface area contributed by atoms with Crippen LogP contribution in [0.15, 0.2) is 72.8 Å². The maximum absolute atomic E-state index is 13.8. The van der Waals surface area contributed by atoms with E-state index in [0.717, 1.165) is 31.5 Å². The highest BCUT2D eigenvalue weighted by Gasteiger charge is 2.47. The largest absolute Gasteiger partial charge is 0.272 e. The Kier molecular flexibility index (Phi) is 7.07. The number of hydrogen-bond donors (Lipinski definition) is 1. The summed E-state index contributed by atoms with van der Waals surface area (Å²) in [7, 11) is 0. The lowest BCUT2D eigenvalue weighted by atomic mass is 9.80. The Morgan fingerprint density at radius 1 is 0.943 bits per heavy atom. The van der Waals surface area contributed by atoms with Crippen LogP contribution in [0.1, 0.15) is 51.8 Å². The number of nitrogens with zero attached hydrogens (tertiary/aromatic N) is 2. The van der Waals surface area contributed by atoms with E-state index in [1.807, 2.05) is 53.5 Å². The first-order valence-corrected chi connectivity index (χ1v) is 12.4. The molecule has 1 N–H and O–H groups in total. The molecular weight excluding hydrogens is 485 g/mol. The van der Waals surface area contributed by atoms with Gasteiger partial charge in [0.15, 0.2) is 0 Å². The Morgan fingerprint density at radius 2 is 1.66 bits per heavy atom.